The number of aromatic nitrogens is 1. The first-order chi connectivity index (χ1) is 10.3. The van der Waals surface area contributed by atoms with Crippen molar-refractivity contribution in [3.8, 4) is 0 Å². The molecular formula is C18H19N3. The third-order valence-electron chi connectivity index (χ3n) is 3.78. The van der Waals surface area contributed by atoms with Crippen LogP contribution >= 0.6 is 0 Å². The second-order valence-electron chi connectivity index (χ2n) is 5.09. The Morgan fingerprint density at radius 1 is 1.05 bits per heavy atom. The maximum absolute atomic E-state index is 6.38. The molecule has 0 atom stereocenters. The van der Waals surface area contributed by atoms with Crippen LogP contribution in [-0.2, 0) is 6.54 Å². The summed E-state index contributed by atoms with van der Waals surface area (Å²) in [5.41, 5.74) is 9.58. The molecule has 106 valence electrons. The van der Waals surface area contributed by atoms with E-state index in [0.717, 1.165) is 35.2 Å². The molecule has 0 aliphatic rings. The van der Waals surface area contributed by atoms with Crippen LogP contribution in [0, 0.1) is 0 Å². The molecule has 1 aromatic heterocycles. The van der Waals surface area contributed by atoms with Gasteiger partial charge < -0.3 is 10.6 Å². The number of hydrogen-bond donors (Lipinski definition) is 1. The first-order valence-electron chi connectivity index (χ1n) is 7.20. The lowest BCUT2D eigenvalue weighted by Gasteiger charge is -2.25. The summed E-state index contributed by atoms with van der Waals surface area (Å²) in [7, 11) is 0. The molecule has 21 heavy (non-hydrogen) atoms. The van der Waals surface area contributed by atoms with Crippen LogP contribution in [0.3, 0.4) is 0 Å². The number of nitrogens with zero attached hydrogens (tertiary/aromatic N) is 2. The average molecular weight is 277 g/mol. The summed E-state index contributed by atoms with van der Waals surface area (Å²) in [6.07, 6.45) is 3.64. The molecule has 0 unspecified atom stereocenters. The maximum Gasteiger partial charge on any atom is 0.0632 e. The highest BCUT2D eigenvalue weighted by Gasteiger charge is 2.11. The maximum atomic E-state index is 6.38. The van der Waals surface area contributed by atoms with Crippen molar-refractivity contribution in [2.45, 2.75) is 13.5 Å². The van der Waals surface area contributed by atoms with Gasteiger partial charge in [0.1, 0.15) is 0 Å². The van der Waals surface area contributed by atoms with Gasteiger partial charge >= 0.3 is 0 Å². The Morgan fingerprint density at radius 2 is 1.86 bits per heavy atom. The van der Waals surface area contributed by atoms with Crippen molar-refractivity contribution < 1.29 is 0 Å². The molecule has 0 bridgehead atoms. The van der Waals surface area contributed by atoms with Crippen molar-refractivity contribution in [2.75, 3.05) is 17.2 Å². The summed E-state index contributed by atoms with van der Waals surface area (Å²) in [4.78, 5) is 6.44. The SMILES string of the molecule is CCN(Cc1ccccc1)c1ccc2cnccc2c1N. The first kappa shape index (κ1) is 13.4. The topological polar surface area (TPSA) is 42.2 Å². The van der Waals surface area contributed by atoms with Crippen molar-refractivity contribution >= 4 is 22.1 Å². The summed E-state index contributed by atoms with van der Waals surface area (Å²) < 4.78 is 0. The monoisotopic (exact) mass is 277 g/mol. The first-order valence-corrected chi connectivity index (χ1v) is 7.20. The molecule has 0 fully saturated rings. The Morgan fingerprint density at radius 3 is 2.62 bits per heavy atom. The molecule has 2 aromatic carbocycles. The predicted octanol–water partition coefficient (Wildman–Crippen LogP) is 3.84. The number of fused-ring (bicyclic) bond motifs is 1. The van der Waals surface area contributed by atoms with Gasteiger partial charge in [0.15, 0.2) is 0 Å². The minimum Gasteiger partial charge on any atom is -0.397 e. The van der Waals surface area contributed by atoms with E-state index in [1.54, 1.807) is 6.20 Å². The fourth-order valence-electron chi connectivity index (χ4n) is 2.63. The fraction of sp³-hybridized carbons (Fsp3) is 0.167. The Hall–Kier alpha value is -2.55. The minimum absolute atomic E-state index is 0.827. The van der Waals surface area contributed by atoms with Gasteiger partial charge in [-0.25, -0.2) is 0 Å². The summed E-state index contributed by atoms with van der Waals surface area (Å²) in [6, 6.07) is 16.6. The molecule has 0 radical (unpaired) electrons. The summed E-state index contributed by atoms with van der Waals surface area (Å²) in [5, 5.41) is 2.14. The lowest BCUT2D eigenvalue weighted by atomic mass is 10.1. The van der Waals surface area contributed by atoms with E-state index < -0.39 is 0 Å². The average Bonchev–Trinajstić information content (AvgIpc) is 2.55. The van der Waals surface area contributed by atoms with E-state index >= 15 is 0 Å². The van der Waals surface area contributed by atoms with E-state index in [1.807, 2.05) is 18.3 Å². The Labute approximate surface area is 125 Å². The van der Waals surface area contributed by atoms with E-state index in [1.165, 1.54) is 5.56 Å². The molecule has 0 aliphatic heterocycles. The lowest BCUT2D eigenvalue weighted by Crippen LogP contribution is -2.23. The number of pyridine rings is 1. The fourth-order valence-corrected chi connectivity index (χ4v) is 2.63. The number of anilines is 2. The molecule has 0 amide bonds. The number of benzene rings is 2. The van der Waals surface area contributed by atoms with Crippen LogP contribution in [0.2, 0.25) is 0 Å². The zero-order chi connectivity index (χ0) is 14.7. The third-order valence-corrected chi connectivity index (χ3v) is 3.78. The molecule has 3 aromatic rings. The van der Waals surface area contributed by atoms with Crippen molar-refractivity contribution in [3.63, 3.8) is 0 Å². The highest BCUT2D eigenvalue weighted by Crippen LogP contribution is 2.31. The smallest absolute Gasteiger partial charge is 0.0632 e. The molecule has 3 heteroatoms. The molecule has 0 saturated heterocycles. The normalized spacial score (nSPS) is 10.7. The summed E-state index contributed by atoms with van der Waals surface area (Å²) >= 11 is 0. The molecule has 0 spiro atoms. The summed E-state index contributed by atoms with van der Waals surface area (Å²) in [5.74, 6) is 0. The van der Waals surface area contributed by atoms with Crippen molar-refractivity contribution in [1.82, 2.24) is 4.98 Å². The van der Waals surface area contributed by atoms with Gasteiger partial charge in [-0.3, -0.25) is 4.98 Å². The van der Waals surface area contributed by atoms with Gasteiger partial charge in [0.05, 0.1) is 11.4 Å². The van der Waals surface area contributed by atoms with Crippen LogP contribution in [0.5, 0.6) is 0 Å². The predicted molar refractivity (Wildman–Crippen MR) is 89.3 cm³/mol. The number of nitrogens with two attached hydrogens (primary N) is 1. The van der Waals surface area contributed by atoms with Gasteiger partial charge in [0, 0.05) is 36.3 Å². The van der Waals surface area contributed by atoms with Crippen LogP contribution in [0.1, 0.15) is 12.5 Å². The van der Waals surface area contributed by atoms with Gasteiger partial charge in [-0.15, -0.1) is 0 Å². The molecule has 3 rings (SSSR count). The number of nitrogen functional groups attached to an aromatic ring is 1. The molecule has 0 saturated carbocycles. The van der Waals surface area contributed by atoms with Crippen molar-refractivity contribution in [1.29, 1.82) is 0 Å². The Balaban J connectivity index is 1.99. The Kier molecular flexibility index (Phi) is 3.73. The molecule has 1 heterocycles. The van der Waals surface area contributed by atoms with Crippen LogP contribution < -0.4 is 10.6 Å². The van der Waals surface area contributed by atoms with Crippen LogP contribution in [0.4, 0.5) is 11.4 Å². The van der Waals surface area contributed by atoms with E-state index in [4.69, 9.17) is 5.73 Å². The van der Waals surface area contributed by atoms with Gasteiger partial charge in [-0.05, 0) is 24.6 Å². The zero-order valence-electron chi connectivity index (χ0n) is 12.2. The molecule has 3 nitrogen and oxygen atoms in total. The second-order valence-corrected chi connectivity index (χ2v) is 5.09. The van der Waals surface area contributed by atoms with Gasteiger partial charge in [-0.1, -0.05) is 36.4 Å². The van der Waals surface area contributed by atoms with Crippen molar-refractivity contribution in [2.24, 2.45) is 0 Å². The van der Waals surface area contributed by atoms with Crippen LogP contribution in [0.15, 0.2) is 60.9 Å². The van der Waals surface area contributed by atoms with Crippen LogP contribution in [0.25, 0.3) is 10.8 Å². The van der Waals surface area contributed by atoms with E-state index in [0.29, 0.717) is 0 Å². The van der Waals surface area contributed by atoms with Crippen LogP contribution in [-0.4, -0.2) is 11.5 Å². The highest BCUT2D eigenvalue weighted by molar-refractivity contribution is 5.98. The second kappa shape index (κ2) is 5.83. The zero-order valence-corrected chi connectivity index (χ0v) is 12.2. The lowest BCUT2D eigenvalue weighted by molar-refractivity contribution is 0.834. The number of hydrogen-bond acceptors (Lipinski definition) is 3. The molecule has 2 N–H and O–H groups in total. The standard InChI is InChI=1S/C18H19N3/c1-2-21(13-14-6-4-3-5-7-14)17-9-8-15-12-20-11-10-16(15)18(17)19/h3-12H,2,13,19H2,1H3. The van der Waals surface area contributed by atoms with Gasteiger partial charge in [-0.2, -0.15) is 0 Å². The molecule has 0 aliphatic carbocycles. The van der Waals surface area contributed by atoms with E-state index in [2.05, 4.69) is 53.2 Å². The molecular weight excluding hydrogens is 258 g/mol. The van der Waals surface area contributed by atoms with Crippen molar-refractivity contribution in [3.05, 3.63) is 66.5 Å². The minimum atomic E-state index is 0.827. The number of rotatable bonds is 4. The van der Waals surface area contributed by atoms with Gasteiger partial charge in [0.25, 0.3) is 0 Å². The van der Waals surface area contributed by atoms with E-state index in [-0.39, 0.29) is 0 Å². The Bertz CT molecular complexity index is 738. The highest BCUT2D eigenvalue weighted by atomic mass is 15.1. The summed E-state index contributed by atoms with van der Waals surface area (Å²) in [6.45, 7) is 3.92. The third kappa shape index (κ3) is 2.68. The quantitative estimate of drug-likeness (QED) is 0.737. The van der Waals surface area contributed by atoms with E-state index in [9.17, 15) is 0 Å². The largest absolute Gasteiger partial charge is 0.397 e. The van der Waals surface area contributed by atoms with Gasteiger partial charge in [0.2, 0.25) is 0 Å².